The second kappa shape index (κ2) is 7.77. The number of carbonyl (C=O) groups is 1. The fourth-order valence-electron chi connectivity index (χ4n) is 2.56. The van der Waals surface area contributed by atoms with Crippen LogP contribution in [0, 0.1) is 5.92 Å². The average molecular weight is 314 g/mol. The van der Waals surface area contributed by atoms with Gasteiger partial charge in [-0.2, -0.15) is 0 Å². The zero-order valence-corrected chi connectivity index (χ0v) is 13.1. The van der Waals surface area contributed by atoms with E-state index in [-0.39, 0.29) is 12.4 Å². The molecule has 0 bridgehead atoms. The standard InChI is InChI=1S/C13H22N4O3S/c1-16-5-2-10(3-6-16)4-7-17-11(8-18)14-15-13(17)21-9-12(19)20/h10,18H,2-9H2,1H3,(H,19,20). The number of thioether (sulfide) groups is 1. The summed E-state index contributed by atoms with van der Waals surface area (Å²) in [4.78, 5) is 13.0. The SMILES string of the molecule is CN1CCC(CCn2c(CO)nnc2SCC(=O)O)CC1. The number of aliphatic carboxylic acids is 1. The molecule has 0 spiro atoms. The van der Waals surface area contributed by atoms with E-state index >= 15 is 0 Å². The number of nitrogens with zero attached hydrogens (tertiary/aromatic N) is 4. The number of hydrogen-bond acceptors (Lipinski definition) is 6. The molecule has 0 unspecified atom stereocenters. The molecule has 1 aliphatic rings. The summed E-state index contributed by atoms with van der Waals surface area (Å²) in [6, 6.07) is 0. The molecule has 0 saturated carbocycles. The van der Waals surface area contributed by atoms with Gasteiger partial charge in [-0.15, -0.1) is 10.2 Å². The Labute approximate surface area is 128 Å². The van der Waals surface area contributed by atoms with E-state index in [9.17, 15) is 9.90 Å². The molecule has 8 heteroatoms. The van der Waals surface area contributed by atoms with E-state index in [1.54, 1.807) is 0 Å². The first-order valence-corrected chi connectivity index (χ1v) is 8.14. The lowest BCUT2D eigenvalue weighted by Gasteiger charge is -2.29. The molecule has 0 aromatic carbocycles. The van der Waals surface area contributed by atoms with E-state index in [1.807, 2.05) is 4.57 Å². The lowest BCUT2D eigenvalue weighted by molar-refractivity contribution is -0.133. The number of hydrogen-bond donors (Lipinski definition) is 2. The third-order valence-corrected chi connectivity index (χ3v) is 4.81. The molecule has 7 nitrogen and oxygen atoms in total. The summed E-state index contributed by atoms with van der Waals surface area (Å²) in [6.07, 6.45) is 3.38. The molecule has 1 aromatic heterocycles. The quantitative estimate of drug-likeness (QED) is 0.715. The summed E-state index contributed by atoms with van der Waals surface area (Å²) >= 11 is 1.15. The minimum atomic E-state index is -0.879. The summed E-state index contributed by atoms with van der Waals surface area (Å²) in [5.41, 5.74) is 0. The maximum absolute atomic E-state index is 10.7. The van der Waals surface area contributed by atoms with Crippen molar-refractivity contribution in [1.82, 2.24) is 19.7 Å². The number of carboxylic acids is 1. The number of rotatable bonds is 7. The second-order valence-corrected chi connectivity index (χ2v) is 6.37. The average Bonchev–Trinajstić information content (AvgIpc) is 2.86. The summed E-state index contributed by atoms with van der Waals surface area (Å²) < 4.78 is 1.85. The Balaban J connectivity index is 1.93. The van der Waals surface area contributed by atoms with Crippen LogP contribution in [0.2, 0.25) is 0 Å². The summed E-state index contributed by atoms with van der Waals surface area (Å²) in [7, 11) is 2.14. The lowest BCUT2D eigenvalue weighted by Crippen LogP contribution is -2.30. The van der Waals surface area contributed by atoms with Gasteiger partial charge in [0, 0.05) is 6.54 Å². The molecular formula is C13H22N4O3S. The van der Waals surface area contributed by atoms with E-state index in [0.29, 0.717) is 16.9 Å². The van der Waals surface area contributed by atoms with E-state index in [2.05, 4.69) is 22.1 Å². The number of aliphatic hydroxyl groups excluding tert-OH is 1. The van der Waals surface area contributed by atoms with Gasteiger partial charge in [0.15, 0.2) is 11.0 Å². The molecular weight excluding hydrogens is 292 g/mol. The number of aliphatic hydroxyl groups is 1. The summed E-state index contributed by atoms with van der Waals surface area (Å²) in [5.74, 6) is 0.260. The minimum Gasteiger partial charge on any atom is -0.481 e. The van der Waals surface area contributed by atoms with Crippen molar-refractivity contribution in [2.45, 2.75) is 37.6 Å². The Morgan fingerprint density at radius 2 is 2.10 bits per heavy atom. The molecule has 1 saturated heterocycles. The molecule has 2 rings (SSSR count). The maximum atomic E-state index is 10.7. The van der Waals surface area contributed by atoms with Crippen molar-refractivity contribution in [3.63, 3.8) is 0 Å². The first-order valence-electron chi connectivity index (χ1n) is 7.16. The van der Waals surface area contributed by atoms with Gasteiger partial charge in [0.2, 0.25) is 0 Å². The van der Waals surface area contributed by atoms with Crippen molar-refractivity contribution < 1.29 is 15.0 Å². The fourth-order valence-corrected chi connectivity index (χ4v) is 3.26. The number of aromatic nitrogens is 3. The zero-order chi connectivity index (χ0) is 15.2. The minimum absolute atomic E-state index is 0.0439. The van der Waals surface area contributed by atoms with E-state index < -0.39 is 5.97 Å². The fraction of sp³-hybridized carbons (Fsp3) is 0.769. The molecule has 2 N–H and O–H groups in total. The van der Waals surface area contributed by atoms with Crippen LogP contribution in [0.5, 0.6) is 0 Å². The second-order valence-electron chi connectivity index (χ2n) is 5.43. The highest BCUT2D eigenvalue weighted by molar-refractivity contribution is 7.99. The molecule has 1 fully saturated rings. The van der Waals surface area contributed by atoms with Crippen LogP contribution in [-0.4, -0.2) is 61.7 Å². The van der Waals surface area contributed by atoms with Crippen LogP contribution in [0.4, 0.5) is 0 Å². The van der Waals surface area contributed by atoms with E-state index in [1.165, 1.54) is 12.8 Å². The molecule has 0 amide bonds. The normalized spacial score (nSPS) is 17.2. The van der Waals surface area contributed by atoms with Crippen LogP contribution in [-0.2, 0) is 17.9 Å². The van der Waals surface area contributed by atoms with Gasteiger partial charge in [0.05, 0.1) is 5.75 Å². The van der Waals surface area contributed by atoms with E-state index in [4.69, 9.17) is 5.11 Å². The zero-order valence-electron chi connectivity index (χ0n) is 12.2. The number of carboxylic acid groups (broad SMARTS) is 1. The van der Waals surface area contributed by atoms with Crippen LogP contribution in [0.15, 0.2) is 5.16 Å². The predicted octanol–water partition coefficient (Wildman–Crippen LogP) is 0.679. The van der Waals surface area contributed by atoms with Crippen molar-refractivity contribution in [2.24, 2.45) is 5.92 Å². The number of piperidine rings is 1. The molecule has 0 atom stereocenters. The van der Waals surface area contributed by atoms with Crippen molar-refractivity contribution in [3.05, 3.63) is 5.82 Å². The highest BCUT2D eigenvalue weighted by Crippen LogP contribution is 2.23. The van der Waals surface area contributed by atoms with Crippen LogP contribution in [0.25, 0.3) is 0 Å². The maximum Gasteiger partial charge on any atom is 0.313 e. The molecule has 118 valence electrons. The molecule has 2 heterocycles. The Hall–Kier alpha value is -1.12. The van der Waals surface area contributed by atoms with Gasteiger partial charge < -0.3 is 19.7 Å². The molecule has 0 radical (unpaired) electrons. The Morgan fingerprint density at radius 1 is 1.38 bits per heavy atom. The van der Waals surface area contributed by atoms with Crippen LogP contribution < -0.4 is 0 Å². The van der Waals surface area contributed by atoms with E-state index in [0.717, 1.165) is 37.8 Å². The van der Waals surface area contributed by atoms with Gasteiger partial charge in [-0.3, -0.25) is 4.79 Å². The van der Waals surface area contributed by atoms with Gasteiger partial charge in [0.25, 0.3) is 0 Å². The van der Waals surface area contributed by atoms with Crippen LogP contribution >= 0.6 is 11.8 Å². The Bertz CT molecular complexity index is 472. The highest BCUT2D eigenvalue weighted by atomic mass is 32.2. The van der Waals surface area contributed by atoms with Crippen LogP contribution in [0.3, 0.4) is 0 Å². The van der Waals surface area contributed by atoms with Gasteiger partial charge in [-0.05, 0) is 45.3 Å². The van der Waals surface area contributed by atoms with Crippen molar-refractivity contribution >= 4 is 17.7 Å². The third-order valence-electron chi connectivity index (χ3n) is 3.86. The number of likely N-dealkylation sites (tertiary alicyclic amines) is 1. The smallest absolute Gasteiger partial charge is 0.313 e. The largest absolute Gasteiger partial charge is 0.481 e. The Morgan fingerprint density at radius 3 is 2.71 bits per heavy atom. The Kier molecular flexibility index (Phi) is 6.01. The molecule has 1 aliphatic heterocycles. The van der Waals surface area contributed by atoms with Gasteiger partial charge >= 0.3 is 5.97 Å². The third kappa shape index (κ3) is 4.69. The first-order chi connectivity index (χ1) is 10.1. The van der Waals surface area contributed by atoms with Gasteiger partial charge in [-0.1, -0.05) is 11.8 Å². The van der Waals surface area contributed by atoms with Crippen LogP contribution in [0.1, 0.15) is 25.1 Å². The predicted molar refractivity (Wildman–Crippen MR) is 79.1 cm³/mol. The molecule has 0 aliphatic carbocycles. The highest BCUT2D eigenvalue weighted by Gasteiger charge is 2.19. The monoisotopic (exact) mass is 314 g/mol. The first kappa shape index (κ1) is 16.3. The van der Waals surface area contributed by atoms with Gasteiger partial charge in [-0.25, -0.2) is 0 Å². The lowest BCUT2D eigenvalue weighted by atomic mass is 9.94. The van der Waals surface area contributed by atoms with Crippen molar-refractivity contribution in [2.75, 3.05) is 25.9 Å². The molecule has 21 heavy (non-hydrogen) atoms. The topological polar surface area (TPSA) is 91.5 Å². The summed E-state index contributed by atoms with van der Waals surface area (Å²) in [6.45, 7) is 2.81. The summed E-state index contributed by atoms with van der Waals surface area (Å²) in [5, 5.41) is 26.6. The molecule has 1 aromatic rings. The van der Waals surface area contributed by atoms with Gasteiger partial charge in [0.1, 0.15) is 6.61 Å². The van der Waals surface area contributed by atoms with Crippen molar-refractivity contribution in [1.29, 1.82) is 0 Å². The van der Waals surface area contributed by atoms with Crippen molar-refractivity contribution in [3.8, 4) is 0 Å².